The van der Waals surface area contributed by atoms with Gasteiger partial charge < -0.3 is 10.4 Å². The van der Waals surface area contributed by atoms with Crippen molar-refractivity contribution in [3.05, 3.63) is 34.9 Å². The zero-order valence-electron chi connectivity index (χ0n) is 11.6. The Kier molecular flexibility index (Phi) is 5.51. The van der Waals surface area contributed by atoms with Gasteiger partial charge in [-0.2, -0.15) is 11.8 Å². The van der Waals surface area contributed by atoms with Gasteiger partial charge in [0.25, 0.3) is 5.91 Å². The molecule has 20 heavy (non-hydrogen) atoms. The van der Waals surface area contributed by atoms with Crippen molar-refractivity contribution in [2.45, 2.75) is 25.0 Å². The molecule has 1 unspecified atom stereocenters. The van der Waals surface area contributed by atoms with Crippen LogP contribution in [0.4, 0.5) is 0 Å². The molecule has 1 aliphatic rings. The molecule has 4 heteroatoms. The van der Waals surface area contributed by atoms with Crippen LogP contribution in [-0.2, 0) is 0 Å². The Labute approximate surface area is 124 Å². The molecule has 1 aromatic carbocycles. The third-order valence-electron chi connectivity index (χ3n) is 3.39. The molecule has 3 nitrogen and oxygen atoms in total. The van der Waals surface area contributed by atoms with Crippen molar-refractivity contribution in [2.24, 2.45) is 0 Å². The topological polar surface area (TPSA) is 49.3 Å². The van der Waals surface area contributed by atoms with Gasteiger partial charge in [-0.1, -0.05) is 17.9 Å². The summed E-state index contributed by atoms with van der Waals surface area (Å²) in [6.45, 7) is 2.45. The predicted octanol–water partition coefficient (Wildman–Crippen LogP) is 1.96. The number of hydrogen-bond donors (Lipinski definition) is 2. The first-order valence-electron chi connectivity index (χ1n) is 6.81. The van der Waals surface area contributed by atoms with Crippen molar-refractivity contribution < 1.29 is 9.90 Å². The number of aliphatic hydroxyl groups excluding tert-OH is 1. The number of rotatable bonds is 3. The van der Waals surface area contributed by atoms with Crippen molar-refractivity contribution >= 4 is 17.7 Å². The molecule has 1 fully saturated rings. The summed E-state index contributed by atoms with van der Waals surface area (Å²) < 4.78 is 0. The highest BCUT2D eigenvalue weighted by atomic mass is 32.2. The van der Waals surface area contributed by atoms with Crippen LogP contribution in [0.25, 0.3) is 0 Å². The quantitative estimate of drug-likeness (QED) is 0.836. The van der Waals surface area contributed by atoms with Gasteiger partial charge >= 0.3 is 0 Å². The van der Waals surface area contributed by atoms with Gasteiger partial charge in [-0.3, -0.25) is 4.79 Å². The first-order chi connectivity index (χ1) is 9.72. The average Bonchev–Trinajstić information content (AvgIpc) is 2.97. The number of thioether (sulfide) groups is 1. The Morgan fingerprint density at radius 2 is 2.40 bits per heavy atom. The van der Waals surface area contributed by atoms with Crippen molar-refractivity contribution in [3.63, 3.8) is 0 Å². The molecule has 1 saturated heterocycles. The van der Waals surface area contributed by atoms with Gasteiger partial charge in [0.2, 0.25) is 0 Å². The van der Waals surface area contributed by atoms with Crippen LogP contribution in [0.1, 0.15) is 34.3 Å². The molecule has 2 N–H and O–H groups in total. The fourth-order valence-corrected chi connectivity index (χ4v) is 3.46. The molecule has 0 spiro atoms. The molecule has 1 amide bonds. The number of amides is 1. The summed E-state index contributed by atoms with van der Waals surface area (Å²) >= 11 is 1.93. The monoisotopic (exact) mass is 289 g/mol. The molecular weight excluding hydrogens is 270 g/mol. The highest BCUT2D eigenvalue weighted by Crippen LogP contribution is 2.25. The van der Waals surface area contributed by atoms with Gasteiger partial charge in [0.1, 0.15) is 6.61 Å². The Morgan fingerprint density at radius 3 is 3.10 bits per heavy atom. The van der Waals surface area contributed by atoms with E-state index in [2.05, 4.69) is 17.2 Å². The van der Waals surface area contributed by atoms with Crippen LogP contribution in [0.3, 0.4) is 0 Å². The first kappa shape index (κ1) is 15.0. The lowest BCUT2D eigenvalue weighted by Gasteiger charge is -2.12. The normalized spacial score (nSPS) is 17.4. The second-order valence-corrected chi connectivity index (χ2v) is 6.19. The summed E-state index contributed by atoms with van der Waals surface area (Å²) in [5.74, 6) is 6.65. The second-order valence-electron chi connectivity index (χ2n) is 4.78. The minimum absolute atomic E-state index is 0.0392. The zero-order chi connectivity index (χ0) is 14.4. The first-order valence-corrected chi connectivity index (χ1v) is 7.86. The van der Waals surface area contributed by atoms with Crippen LogP contribution in [0, 0.1) is 18.8 Å². The standard InChI is InChI=1S/C16H19NO2S/c1-12-13(6-3-9-18)5-2-8-15(12)16(19)17-11-14-7-4-10-20-14/h2,5,8,14,18H,4,7,9-11H2,1H3,(H,17,19). The highest BCUT2D eigenvalue weighted by molar-refractivity contribution is 8.00. The Hall–Kier alpha value is -1.44. The third kappa shape index (κ3) is 3.78. The summed E-state index contributed by atoms with van der Waals surface area (Å²) in [6.07, 6.45) is 2.43. The zero-order valence-corrected chi connectivity index (χ0v) is 12.4. The van der Waals surface area contributed by atoms with Crippen LogP contribution < -0.4 is 5.32 Å². The van der Waals surface area contributed by atoms with Crippen molar-refractivity contribution in [2.75, 3.05) is 18.9 Å². The lowest BCUT2D eigenvalue weighted by Crippen LogP contribution is -2.30. The Bertz CT molecular complexity index is 539. The van der Waals surface area contributed by atoms with Crippen molar-refractivity contribution in [1.82, 2.24) is 5.32 Å². The molecule has 1 aliphatic heterocycles. The van der Waals surface area contributed by atoms with E-state index in [1.54, 1.807) is 0 Å². The average molecular weight is 289 g/mol. The lowest BCUT2D eigenvalue weighted by molar-refractivity contribution is 0.0953. The van der Waals surface area contributed by atoms with E-state index in [9.17, 15) is 4.79 Å². The third-order valence-corrected chi connectivity index (χ3v) is 4.79. The van der Waals surface area contributed by atoms with E-state index < -0.39 is 0 Å². The van der Waals surface area contributed by atoms with E-state index >= 15 is 0 Å². The molecule has 0 aliphatic carbocycles. The maximum atomic E-state index is 12.2. The van der Waals surface area contributed by atoms with Crippen molar-refractivity contribution in [1.29, 1.82) is 0 Å². The summed E-state index contributed by atoms with van der Waals surface area (Å²) in [6, 6.07) is 5.51. The van der Waals surface area contributed by atoms with E-state index in [4.69, 9.17) is 5.11 Å². The predicted molar refractivity (Wildman–Crippen MR) is 83.0 cm³/mol. The number of hydrogen-bond acceptors (Lipinski definition) is 3. The molecule has 1 aromatic rings. The van der Waals surface area contributed by atoms with Crippen molar-refractivity contribution in [3.8, 4) is 11.8 Å². The largest absolute Gasteiger partial charge is 0.384 e. The minimum Gasteiger partial charge on any atom is -0.384 e. The number of carbonyl (C=O) groups excluding carboxylic acids is 1. The molecule has 0 radical (unpaired) electrons. The molecular formula is C16H19NO2S. The van der Waals surface area contributed by atoms with Gasteiger partial charge in [-0.15, -0.1) is 0 Å². The fraction of sp³-hybridized carbons (Fsp3) is 0.438. The number of benzene rings is 1. The molecule has 0 saturated carbocycles. The summed E-state index contributed by atoms with van der Waals surface area (Å²) in [5, 5.41) is 12.3. The number of carbonyl (C=O) groups is 1. The van der Waals surface area contributed by atoms with Gasteiger partial charge in [0.15, 0.2) is 0 Å². The van der Waals surface area contributed by atoms with Crippen LogP contribution in [0.2, 0.25) is 0 Å². The Balaban J connectivity index is 2.05. The molecule has 106 valence electrons. The smallest absolute Gasteiger partial charge is 0.251 e. The summed E-state index contributed by atoms with van der Waals surface area (Å²) in [7, 11) is 0. The molecule has 2 rings (SSSR count). The van der Waals surface area contributed by atoms with Crippen LogP contribution >= 0.6 is 11.8 Å². The maximum absolute atomic E-state index is 12.2. The summed E-state index contributed by atoms with van der Waals surface area (Å²) in [5.41, 5.74) is 2.32. The fourth-order valence-electron chi connectivity index (χ4n) is 2.26. The SMILES string of the molecule is Cc1c(C#CCO)cccc1C(=O)NCC1CCCS1. The van der Waals surface area contributed by atoms with Gasteiger partial charge in [-0.25, -0.2) is 0 Å². The van der Waals surface area contributed by atoms with Gasteiger partial charge in [0, 0.05) is 22.9 Å². The minimum atomic E-state index is -0.172. The summed E-state index contributed by atoms with van der Waals surface area (Å²) in [4.78, 5) is 12.2. The van der Waals surface area contributed by atoms with Gasteiger partial charge in [0.05, 0.1) is 0 Å². The maximum Gasteiger partial charge on any atom is 0.251 e. The molecule has 1 atom stereocenters. The van der Waals surface area contributed by atoms with Crippen LogP contribution in [0.5, 0.6) is 0 Å². The Morgan fingerprint density at radius 1 is 1.55 bits per heavy atom. The van der Waals surface area contributed by atoms with E-state index in [0.29, 0.717) is 10.8 Å². The number of nitrogens with one attached hydrogen (secondary N) is 1. The van der Waals surface area contributed by atoms with E-state index in [0.717, 1.165) is 17.7 Å². The van der Waals surface area contributed by atoms with Crippen LogP contribution in [0.15, 0.2) is 18.2 Å². The molecule has 1 heterocycles. The highest BCUT2D eigenvalue weighted by Gasteiger charge is 2.17. The van der Waals surface area contributed by atoms with E-state index in [1.807, 2.05) is 36.9 Å². The van der Waals surface area contributed by atoms with Crippen LogP contribution in [-0.4, -0.2) is 35.2 Å². The second kappa shape index (κ2) is 7.37. The number of aliphatic hydroxyl groups is 1. The molecule has 0 aromatic heterocycles. The van der Waals surface area contributed by atoms with Gasteiger partial charge in [-0.05, 0) is 43.2 Å². The lowest BCUT2D eigenvalue weighted by atomic mass is 10.0. The van der Waals surface area contributed by atoms with E-state index in [-0.39, 0.29) is 12.5 Å². The van der Waals surface area contributed by atoms with E-state index in [1.165, 1.54) is 18.6 Å². The molecule has 0 bridgehead atoms.